The number of rotatable bonds is 2. The van der Waals surface area contributed by atoms with Gasteiger partial charge in [0.15, 0.2) is 0 Å². The summed E-state index contributed by atoms with van der Waals surface area (Å²) in [5, 5.41) is 0. The zero-order chi connectivity index (χ0) is 16.4. The minimum Gasteiger partial charge on any atom is -0.356 e. The van der Waals surface area contributed by atoms with Gasteiger partial charge in [-0.05, 0) is 55.9 Å². The molecule has 0 spiro atoms. The van der Waals surface area contributed by atoms with Gasteiger partial charge in [-0.1, -0.05) is 18.2 Å². The Morgan fingerprint density at radius 2 is 1.75 bits per heavy atom. The lowest BCUT2D eigenvalue weighted by Crippen LogP contribution is -2.38. The molecule has 2 aliphatic heterocycles. The summed E-state index contributed by atoms with van der Waals surface area (Å²) < 4.78 is 0. The van der Waals surface area contributed by atoms with Crippen LogP contribution in [0, 0.1) is 0 Å². The standard InChI is InChI=1S/C20H23N3O/c24-20(23-15-7-9-16-8-2-3-11-18(16)23)17-10-6-12-21-19(17)22-13-4-1-5-14-22/h2-3,6,8,10-12H,1,4-5,7,9,13-15H2. The van der Waals surface area contributed by atoms with Crippen LogP contribution in [0.3, 0.4) is 0 Å². The van der Waals surface area contributed by atoms with Crippen molar-refractivity contribution >= 4 is 17.4 Å². The van der Waals surface area contributed by atoms with E-state index in [2.05, 4.69) is 28.1 Å². The fourth-order valence-corrected chi connectivity index (χ4v) is 3.81. The van der Waals surface area contributed by atoms with Gasteiger partial charge in [-0.2, -0.15) is 0 Å². The summed E-state index contributed by atoms with van der Waals surface area (Å²) in [6.07, 6.45) is 7.48. The summed E-state index contributed by atoms with van der Waals surface area (Å²) in [6.45, 7) is 2.77. The number of aromatic nitrogens is 1. The number of anilines is 2. The molecule has 0 radical (unpaired) electrons. The number of aryl methyl sites for hydroxylation is 1. The highest BCUT2D eigenvalue weighted by Crippen LogP contribution is 2.30. The molecule has 4 rings (SSSR count). The van der Waals surface area contributed by atoms with Gasteiger partial charge in [-0.25, -0.2) is 4.98 Å². The Hall–Kier alpha value is -2.36. The third kappa shape index (κ3) is 2.77. The largest absolute Gasteiger partial charge is 0.356 e. The van der Waals surface area contributed by atoms with Crippen LogP contribution >= 0.6 is 0 Å². The van der Waals surface area contributed by atoms with Crippen molar-refractivity contribution in [1.82, 2.24) is 4.98 Å². The van der Waals surface area contributed by atoms with E-state index in [1.807, 2.05) is 23.1 Å². The maximum atomic E-state index is 13.3. The first kappa shape index (κ1) is 15.2. The molecule has 3 heterocycles. The van der Waals surface area contributed by atoms with Crippen molar-refractivity contribution in [3.05, 3.63) is 53.7 Å². The van der Waals surface area contributed by atoms with Crippen LogP contribution < -0.4 is 9.80 Å². The van der Waals surface area contributed by atoms with E-state index in [-0.39, 0.29) is 5.91 Å². The molecule has 0 N–H and O–H groups in total. The van der Waals surface area contributed by atoms with E-state index in [0.29, 0.717) is 0 Å². The van der Waals surface area contributed by atoms with E-state index in [0.717, 1.165) is 49.5 Å². The van der Waals surface area contributed by atoms with Crippen molar-refractivity contribution in [3.8, 4) is 0 Å². The Labute approximate surface area is 143 Å². The van der Waals surface area contributed by atoms with Crippen molar-refractivity contribution in [2.24, 2.45) is 0 Å². The molecule has 124 valence electrons. The SMILES string of the molecule is O=C(c1cccnc1N1CCCCC1)N1CCCc2ccccc21. The number of benzene rings is 1. The van der Waals surface area contributed by atoms with Crippen LogP contribution in [0.2, 0.25) is 0 Å². The monoisotopic (exact) mass is 321 g/mol. The van der Waals surface area contributed by atoms with Gasteiger partial charge in [0, 0.05) is 31.5 Å². The highest BCUT2D eigenvalue weighted by molar-refractivity contribution is 6.09. The average molecular weight is 321 g/mol. The fourth-order valence-electron chi connectivity index (χ4n) is 3.81. The Bertz CT molecular complexity index is 737. The van der Waals surface area contributed by atoms with Gasteiger partial charge in [0.25, 0.3) is 5.91 Å². The summed E-state index contributed by atoms with van der Waals surface area (Å²) >= 11 is 0. The topological polar surface area (TPSA) is 36.4 Å². The van der Waals surface area contributed by atoms with E-state index in [1.54, 1.807) is 6.20 Å². The van der Waals surface area contributed by atoms with E-state index >= 15 is 0 Å². The fraction of sp³-hybridized carbons (Fsp3) is 0.400. The van der Waals surface area contributed by atoms with Gasteiger partial charge >= 0.3 is 0 Å². The summed E-state index contributed by atoms with van der Waals surface area (Å²) in [7, 11) is 0. The van der Waals surface area contributed by atoms with Crippen molar-refractivity contribution in [2.45, 2.75) is 32.1 Å². The minimum atomic E-state index is 0.0795. The summed E-state index contributed by atoms with van der Waals surface area (Å²) in [5.41, 5.74) is 3.05. The Morgan fingerprint density at radius 1 is 0.917 bits per heavy atom. The van der Waals surface area contributed by atoms with Crippen LogP contribution in [-0.4, -0.2) is 30.5 Å². The molecule has 24 heavy (non-hydrogen) atoms. The van der Waals surface area contributed by atoms with Crippen LogP contribution in [0.1, 0.15) is 41.6 Å². The molecular weight excluding hydrogens is 298 g/mol. The third-order valence-electron chi connectivity index (χ3n) is 5.03. The number of pyridine rings is 1. The molecule has 4 heteroatoms. The maximum Gasteiger partial charge on any atom is 0.262 e. The molecule has 4 nitrogen and oxygen atoms in total. The number of carbonyl (C=O) groups excluding carboxylic acids is 1. The maximum absolute atomic E-state index is 13.3. The van der Waals surface area contributed by atoms with Gasteiger partial charge < -0.3 is 9.80 Å². The number of piperidine rings is 1. The van der Waals surface area contributed by atoms with Gasteiger partial charge in [-0.15, -0.1) is 0 Å². The first-order chi connectivity index (χ1) is 11.8. The van der Waals surface area contributed by atoms with Gasteiger partial charge in [0.1, 0.15) is 5.82 Å². The molecule has 2 aliphatic rings. The Morgan fingerprint density at radius 3 is 2.62 bits per heavy atom. The molecular formula is C20H23N3O. The molecule has 2 aromatic rings. The predicted molar refractivity (Wildman–Crippen MR) is 96.7 cm³/mol. The smallest absolute Gasteiger partial charge is 0.262 e. The number of amides is 1. The van der Waals surface area contributed by atoms with E-state index in [1.165, 1.54) is 24.8 Å². The van der Waals surface area contributed by atoms with E-state index < -0.39 is 0 Å². The number of para-hydroxylation sites is 1. The molecule has 0 bridgehead atoms. The third-order valence-corrected chi connectivity index (χ3v) is 5.03. The van der Waals surface area contributed by atoms with Crippen LogP contribution in [0.25, 0.3) is 0 Å². The van der Waals surface area contributed by atoms with Crippen LogP contribution in [0.15, 0.2) is 42.6 Å². The van der Waals surface area contributed by atoms with Crippen molar-refractivity contribution in [2.75, 3.05) is 29.4 Å². The van der Waals surface area contributed by atoms with Crippen molar-refractivity contribution < 1.29 is 4.79 Å². The van der Waals surface area contributed by atoms with Crippen LogP contribution in [0.5, 0.6) is 0 Å². The van der Waals surface area contributed by atoms with Crippen molar-refractivity contribution in [3.63, 3.8) is 0 Å². The quantitative estimate of drug-likeness (QED) is 0.847. The Kier molecular flexibility index (Phi) is 4.20. The molecule has 1 saturated heterocycles. The summed E-state index contributed by atoms with van der Waals surface area (Å²) in [5.74, 6) is 0.932. The number of carbonyl (C=O) groups is 1. The van der Waals surface area contributed by atoms with Gasteiger partial charge in [0.05, 0.1) is 5.56 Å². The number of fused-ring (bicyclic) bond motifs is 1. The first-order valence-electron chi connectivity index (χ1n) is 8.94. The summed E-state index contributed by atoms with van der Waals surface area (Å²) in [4.78, 5) is 22.0. The zero-order valence-electron chi connectivity index (χ0n) is 13.9. The normalized spacial score (nSPS) is 17.5. The average Bonchev–Trinajstić information content (AvgIpc) is 2.68. The molecule has 1 aromatic carbocycles. The molecule has 1 amide bonds. The lowest BCUT2D eigenvalue weighted by molar-refractivity contribution is 0.0985. The van der Waals surface area contributed by atoms with Crippen LogP contribution in [0.4, 0.5) is 11.5 Å². The lowest BCUT2D eigenvalue weighted by Gasteiger charge is -2.32. The second-order valence-corrected chi connectivity index (χ2v) is 6.61. The number of hydrogen-bond donors (Lipinski definition) is 0. The molecule has 0 aliphatic carbocycles. The molecule has 0 saturated carbocycles. The predicted octanol–water partition coefficient (Wildman–Crippen LogP) is 3.66. The first-order valence-corrected chi connectivity index (χ1v) is 8.94. The second-order valence-electron chi connectivity index (χ2n) is 6.61. The molecule has 0 unspecified atom stereocenters. The van der Waals surface area contributed by atoms with E-state index in [4.69, 9.17) is 0 Å². The molecule has 1 fully saturated rings. The highest BCUT2D eigenvalue weighted by atomic mass is 16.2. The minimum absolute atomic E-state index is 0.0795. The number of hydrogen-bond acceptors (Lipinski definition) is 3. The lowest BCUT2D eigenvalue weighted by atomic mass is 10.0. The van der Waals surface area contributed by atoms with Gasteiger partial charge in [0.2, 0.25) is 0 Å². The second kappa shape index (κ2) is 6.63. The van der Waals surface area contributed by atoms with E-state index in [9.17, 15) is 4.79 Å². The number of nitrogens with zero attached hydrogens (tertiary/aromatic N) is 3. The molecule has 0 atom stereocenters. The Balaban J connectivity index is 1.68. The van der Waals surface area contributed by atoms with Gasteiger partial charge in [-0.3, -0.25) is 4.79 Å². The van der Waals surface area contributed by atoms with Crippen molar-refractivity contribution in [1.29, 1.82) is 0 Å². The summed E-state index contributed by atoms with van der Waals surface area (Å²) in [6, 6.07) is 12.1. The zero-order valence-corrected chi connectivity index (χ0v) is 13.9. The highest BCUT2D eigenvalue weighted by Gasteiger charge is 2.27. The van der Waals surface area contributed by atoms with Crippen LogP contribution in [-0.2, 0) is 6.42 Å². The molecule has 1 aromatic heterocycles.